The second-order valence-corrected chi connectivity index (χ2v) is 4.60. The number of aryl methyl sites for hydroxylation is 1. The van der Waals surface area contributed by atoms with Crippen LogP contribution in [0.15, 0.2) is 6.07 Å². The smallest absolute Gasteiger partial charge is 0.225 e. The van der Waals surface area contributed by atoms with E-state index in [-0.39, 0.29) is 6.61 Å². The van der Waals surface area contributed by atoms with Gasteiger partial charge in [0.2, 0.25) is 5.95 Å². The van der Waals surface area contributed by atoms with E-state index in [4.69, 9.17) is 5.11 Å². The second kappa shape index (κ2) is 6.55. The van der Waals surface area contributed by atoms with E-state index in [2.05, 4.69) is 30.7 Å². The summed E-state index contributed by atoms with van der Waals surface area (Å²) in [5, 5.41) is 9.08. The van der Waals surface area contributed by atoms with E-state index in [1.807, 2.05) is 17.9 Å². The van der Waals surface area contributed by atoms with Gasteiger partial charge in [-0.15, -0.1) is 0 Å². The van der Waals surface area contributed by atoms with Crippen molar-refractivity contribution in [1.29, 1.82) is 0 Å². The van der Waals surface area contributed by atoms with E-state index in [9.17, 15) is 0 Å². The fourth-order valence-corrected chi connectivity index (χ4v) is 1.72. The molecule has 1 heterocycles. The Labute approximate surface area is 104 Å². The van der Waals surface area contributed by atoms with E-state index < -0.39 is 0 Å². The lowest BCUT2D eigenvalue weighted by Crippen LogP contribution is -2.29. The van der Waals surface area contributed by atoms with Gasteiger partial charge in [0.05, 0.1) is 6.61 Å². The highest BCUT2D eigenvalue weighted by molar-refractivity contribution is 5.33. The van der Waals surface area contributed by atoms with Gasteiger partial charge in [0.1, 0.15) is 0 Å². The SMILES string of the molecule is CCCN(CCO)c1nc(C)cc(C(C)C)n1. The molecule has 0 fully saturated rings. The molecule has 0 atom stereocenters. The third-order valence-corrected chi connectivity index (χ3v) is 2.60. The van der Waals surface area contributed by atoms with Gasteiger partial charge in [-0.2, -0.15) is 0 Å². The van der Waals surface area contributed by atoms with Gasteiger partial charge in [-0.1, -0.05) is 20.8 Å². The normalized spacial score (nSPS) is 10.9. The Kier molecular flexibility index (Phi) is 5.35. The summed E-state index contributed by atoms with van der Waals surface area (Å²) < 4.78 is 0. The Hall–Kier alpha value is -1.16. The van der Waals surface area contributed by atoms with Gasteiger partial charge in [-0.05, 0) is 25.3 Å². The molecule has 0 saturated carbocycles. The number of aromatic nitrogens is 2. The van der Waals surface area contributed by atoms with Gasteiger partial charge in [0, 0.05) is 24.5 Å². The van der Waals surface area contributed by atoms with E-state index in [1.54, 1.807) is 0 Å². The maximum Gasteiger partial charge on any atom is 0.225 e. The first-order chi connectivity index (χ1) is 8.08. The molecule has 0 unspecified atom stereocenters. The summed E-state index contributed by atoms with van der Waals surface area (Å²) in [5.41, 5.74) is 2.05. The molecule has 0 radical (unpaired) electrons. The highest BCUT2D eigenvalue weighted by Crippen LogP contribution is 2.16. The van der Waals surface area contributed by atoms with Crippen molar-refractivity contribution >= 4 is 5.95 Å². The van der Waals surface area contributed by atoms with Crippen LogP contribution in [0.5, 0.6) is 0 Å². The van der Waals surface area contributed by atoms with E-state index >= 15 is 0 Å². The molecule has 0 aliphatic carbocycles. The molecule has 1 rings (SSSR count). The maximum atomic E-state index is 9.08. The van der Waals surface area contributed by atoms with Gasteiger partial charge in [-0.3, -0.25) is 0 Å². The van der Waals surface area contributed by atoms with E-state index in [0.29, 0.717) is 12.5 Å². The maximum absolute atomic E-state index is 9.08. The van der Waals surface area contributed by atoms with Crippen LogP contribution in [0.2, 0.25) is 0 Å². The molecule has 17 heavy (non-hydrogen) atoms. The number of nitrogens with zero attached hydrogens (tertiary/aromatic N) is 3. The monoisotopic (exact) mass is 237 g/mol. The third kappa shape index (κ3) is 3.97. The van der Waals surface area contributed by atoms with Crippen molar-refractivity contribution in [3.8, 4) is 0 Å². The molecule has 1 aromatic rings. The van der Waals surface area contributed by atoms with Crippen LogP contribution in [-0.4, -0.2) is 34.8 Å². The molecule has 4 nitrogen and oxygen atoms in total. The Morgan fingerprint density at radius 1 is 1.29 bits per heavy atom. The number of aliphatic hydroxyl groups is 1. The van der Waals surface area contributed by atoms with Crippen molar-refractivity contribution < 1.29 is 5.11 Å². The Bertz CT molecular complexity index is 347. The number of hydrogen-bond acceptors (Lipinski definition) is 4. The number of rotatable bonds is 6. The Morgan fingerprint density at radius 2 is 2.00 bits per heavy atom. The number of anilines is 1. The van der Waals surface area contributed by atoms with Crippen LogP contribution in [0.1, 0.15) is 44.5 Å². The van der Waals surface area contributed by atoms with Crippen molar-refractivity contribution in [2.75, 3.05) is 24.6 Å². The molecule has 0 bridgehead atoms. The molecule has 1 aromatic heterocycles. The van der Waals surface area contributed by atoms with Crippen LogP contribution in [-0.2, 0) is 0 Å². The minimum absolute atomic E-state index is 0.133. The van der Waals surface area contributed by atoms with Crippen LogP contribution in [0.4, 0.5) is 5.95 Å². The molecule has 0 aliphatic heterocycles. The van der Waals surface area contributed by atoms with Crippen LogP contribution in [0.3, 0.4) is 0 Å². The lowest BCUT2D eigenvalue weighted by Gasteiger charge is -2.22. The zero-order valence-electron chi connectivity index (χ0n) is 11.3. The Balaban J connectivity index is 3.00. The molecule has 0 saturated heterocycles. The zero-order chi connectivity index (χ0) is 12.8. The molecule has 0 aliphatic rings. The lowest BCUT2D eigenvalue weighted by atomic mass is 10.1. The molecule has 96 valence electrons. The first kappa shape index (κ1) is 13.9. The first-order valence-corrected chi connectivity index (χ1v) is 6.29. The van der Waals surface area contributed by atoms with E-state index in [0.717, 1.165) is 30.3 Å². The number of aliphatic hydroxyl groups excluding tert-OH is 1. The predicted molar refractivity (Wildman–Crippen MR) is 70.4 cm³/mol. The summed E-state index contributed by atoms with van der Waals surface area (Å²) in [5.74, 6) is 1.14. The van der Waals surface area contributed by atoms with Gasteiger partial charge in [-0.25, -0.2) is 9.97 Å². The Morgan fingerprint density at radius 3 is 2.53 bits per heavy atom. The fraction of sp³-hybridized carbons (Fsp3) is 0.692. The standard InChI is InChI=1S/C13H23N3O/c1-5-6-16(7-8-17)13-14-11(4)9-12(15-13)10(2)3/h9-10,17H,5-8H2,1-4H3. The largest absolute Gasteiger partial charge is 0.395 e. The molecule has 0 aromatic carbocycles. The van der Waals surface area contributed by atoms with Crippen LogP contribution in [0, 0.1) is 6.92 Å². The average molecular weight is 237 g/mol. The summed E-state index contributed by atoms with van der Waals surface area (Å²) >= 11 is 0. The van der Waals surface area contributed by atoms with Crippen molar-refractivity contribution in [2.24, 2.45) is 0 Å². The summed E-state index contributed by atoms with van der Waals surface area (Å²) in [6.07, 6.45) is 1.02. The molecular weight excluding hydrogens is 214 g/mol. The zero-order valence-corrected chi connectivity index (χ0v) is 11.3. The molecule has 1 N–H and O–H groups in total. The summed E-state index contributed by atoms with van der Waals surface area (Å²) in [6, 6.07) is 2.03. The van der Waals surface area contributed by atoms with Crippen LogP contribution < -0.4 is 4.90 Å². The highest BCUT2D eigenvalue weighted by Gasteiger charge is 2.11. The van der Waals surface area contributed by atoms with Gasteiger partial charge in [0.25, 0.3) is 0 Å². The molecule has 0 amide bonds. The van der Waals surface area contributed by atoms with Crippen molar-refractivity contribution in [3.05, 3.63) is 17.5 Å². The van der Waals surface area contributed by atoms with Crippen molar-refractivity contribution in [3.63, 3.8) is 0 Å². The first-order valence-electron chi connectivity index (χ1n) is 6.29. The molecule has 0 spiro atoms. The van der Waals surface area contributed by atoms with Crippen LogP contribution in [0.25, 0.3) is 0 Å². The molecule has 4 heteroatoms. The molecular formula is C13H23N3O. The quantitative estimate of drug-likeness (QED) is 0.823. The highest BCUT2D eigenvalue weighted by atomic mass is 16.3. The number of hydrogen-bond donors (Lipinski definition) is 1. The fourth-order valence-electron chi connectivity index (χ4n) is 1.72. The summed E-state index contributed by atoms with van der Waals surface area (Å²) in [6.45, 7) is 9.96. The van der Waals surface area contributed by atoms with E-state index in [1.165, 1.54) is 0 Å². The van der Waals surface area contributed by atoms with Gasteiger partial charge >= 0.3 is 0 Å². The second-order valence-electron chi connectivity index (χ2n) is 4.60. The third-order valence-electron chi connectivity index (χ3n) is 2.60. The average Bonchev–Trinajstić information content (AvgIpc) is 2.28. The summed E-state index contributed by atoms with van der Waals surface area (Å²) in [4.78, 5) is 11.1. The van der Waals surface area contributed by atoms with Gasteiger partial charge in [0.15, 0.2) is 0 Å². The lowest BCUT2D eigenvalue weighted by molar-refractivity contribution is 0.301. The van der Waals surface area contributed by atoms with Gasteiger partial charge < -0.3 is 10.0 Å². The summed E-state index contributed by atoms with van der Waals surface area (Å²) in [7, 11) is 0. The van der Waals surface area contributed by atoms with Crippen LogP contribution >= 0.6 is 0 Å². The predicted octanol–water partition coefficient (Wildman–Crippen LogP) is 2.12. The topological polar surface area (TPSA) is 49.2 Å². The van der Waals surface area contributed by atoms with Crippen molar-refractivity contribution in [1.82, 2.24) is 9.97 Å². The minimum atomic E-state index is 0.133. The minimum Gasteiger partial charge on any atom is -0.395 e. The van der Waals surface area contributed by atoms with Crippen molar-refractivity contribution in [2.45, 2.75) is 40.0 Å².